The van der Waals surface area contributed by atoms with E-state index in [1.807, 2.05) is 6.92 Å². The zero-order valence-corrected chi connectivity index (χ0v) is 5.40. The summed E-state index contributed by atoms with van der Waals surface area (Å²) < 4.78 is 1.29. The minimum atomic E-state index is -0.292. The molecule has 0 aliphatic carbocycles. The van der Waals surface area contributed by atoms with Crippen LogP contribution in [0.2, 0.25) is 0 Å². The molecule has 9 heavy (non-hydrogen) atoms. The van der Waals surface area contributed by atoms with Gasteiger partial charge >= 0.3 is 0 Å². The molecule has 0 aromatic carbocycles. The first-order chi connectivity index (χ1) is 4.24. The Labute approximate surface area is 52.5 Å². The maximum Gasteiger partial charge on any atom is 0.266 e. The summed E-state index contributed by atoms with van der Waals surface area (Å²) in [5, 5.41) is 17.9. The number of tetrazole rings is 1. The topological polar surface area (TPSA) is 57.7 Å². The molecule has 1 heterocycles. The average Bonchev–Trinajstić information content (AvgIpc) is 2.10. The molecular formula is C4H8N4O. The van der Waals surface area contributed by atoms with E-state index in [1.54, 1.807) is 7.05 Å². The zero-order chi connectivity index (χ0) is 6.85. The van der Waals surface area contributed by atoms with Crippen LogP contribution in [0, 0.1) is 0 Å². The highest BCUT2D eigenvalue weighted by molar-refractivity contribution is 4.61. The van der Waals surface area contributed by atoms with Crippen LogP contribution in [-0.2, 0) is 13.6 Å². The quantitative estimate of drug-likeness (QED) is 0.419. The molecule has 0 spiro atoms. The van der Waals surface area contributed by atoms with Gasteiger partial charge in [-0.2, -0.15) is 0 Å². The first-order valence-corrected chi connectivity index (χ1v) is 2.72. The Hall–Kier alpha value is -1.13. The van der Waals surface area contributed by atoms with Crippen molar-refractivity contribution >= 4 is 0 Å². The molecule has 5 nitrogen and oxygen atoms in total. The smallest absolute Gasteiger partial charge is 0.266 e. The van der Waals surface area contributed by atoms with Crippen molar-refractivity contribution in [3.8, 4) is 6.01 Å². The van der Waals surface area contributed by atoms with E-state index >= 15 is 0 Å². The van der Waals surface area contributed by atoms with E-state index < -0.39 is 0 Å². The van der Waals surface area contributed by atoms with Crippen LogP contribution in [-0.4, -0.2) is 15.1 Å². The van der Waals surface area contributed by atoms with Crippen LogP contribution in [0.3, 0.4) is 0 Å². The molecule has 1 aromatic rings. The maximum atomic E-state index is 10.6. The van der Waals surface area contributed by atoms with Crippen molar-refractivity contribution in [2.45, 2.75) is 13.5 Å². The van der Waals surface area contributed by atoms with E-state index in [0.29, 0.717) is 6.54 Å². The fourth-order valence-corrected chi connectivity index (χ4v) is 0.588. The van der Waals surface area contributed by atoms with Gasteiger partial charge in [-0.15, -0.1) is 4.68 Å². The van der Waals surface area contributed by atoms with Crippen LogP contribution in [0.1, 0.15) is 6.92 Å². The van der Waals surface area contributed by atoms with Gasteiger partial charge in [0.15, 0.2) is 0 Å². The Morgan fingerprint density at radius 1 is 1.78 bits per heavy atom. The molecule has 0 bridgehead atoms. The van der Waals surface area contributed by atoms with Gasteiger partial charge in [0.25, 0.3) is 6.01 Å². The molecule has 0 fully saturated rings. The summed E-state index contributed by atoms with van der Waals surface area (Å²) in [5.41, 5.74) is 0. The number of nitrogens with zero attached hydrogens (tertiary/aromatic N) is 4. The number of hydrogen-bond donors (Lipinski definition) is 0. The summed E-state index contributed by atoms with van der Waals surface area (Å²) in [7, 11) is 1.62. The van der Waals surface area contributed by atoms with Crippen LogP contribution in [0.25, 0.3) is 0 Å². The van der Waals surface area contributed by atoms with E-state index in [0.717, 1.165) is 0 Å². The molecule has 0 aliphatic rings. The second kappa shape index (κ2) is 2.00. The molecule has 0 atom stereocenters. The van der Waals surface area contributed by atoms with Gasteiger partial charge in [-0.3, -0.25) is 0 Å². The van der Waals surface area contributed by atoms with E-state index in [2.05, 4.69) is 10.3 Å². The van der Waals surface area contributed by atoms with Crippen LogP contribution in [0.5, 0.6) is 6.01 Å². The predicted molar refractivity (Wildman–Crippen MR) is 26.3 cm³/mol. The van der Waals surface area contributed by atoms with Gasteiger partial charge in [0, 0.05) is 0 Å². The molecule has 1 aromatic heterocycles. The lowest BCUT2D eigenvalue weighted by Gasteiger charge is -1.90. The first kappa shape index (κ1) is 6.00. The van der Waals surface area contributed by atoms with Crippen LogP contribution < -0.4 is 9.79 Å². The molecule has 0 amide bonds. The van der Waals surface area contributed by atoms with Crippen LogP contribution >= 0.6 is 0 Å². The zero-order valence-electron chi connectivity index (χ0n) is 5.40. The van der Waals surface area contributed by atoms with Gasteiger partial charge in [-0.05, 0) is 11.7 Å². The van der Waals surface area contributed by atoms with Crippen molar-refractivity contribution in [2.75, 3.05) is 0 Å². The minimum absolute atomic E-state index is 0.292. The Balaban J connectivity index is 3.01. The second-order valence-corrected chi connectivity index (χ2v) is 1.68. The van der Waals surface area contributed by atoms with Crippen molar-refractivity contribution in [3.63, 3.8) is 0 Å². The highest BCUT2D eigenvalue weighted by Gasteiger charge is 2.02. The molecule has 0 saturated carbocycles. The Morgan fingerprint density at radius 2 is 2.44 bits per heavy atom. The Morgan fingerprint density at radius 3 is 2.67 bits per heavy atom. The number of hydrogen-bond acceptors (Lipinski definition) is 3. The lowest BCUT2D eigenvalue weighted by atomic mass is 10.8. The van der Waals surface area contributed by atoms with Gasteiger partial charge in [-0.25, -0.2) is 0 Å². The number of rotatable bonds is 1. The van der Waals surface area contributed by atoms with Gasteiger partial charge in [0.1, 0.15) is 7.05 Å². The molecule has 0 aliphatic heterocycles. The molecule has 0 radical (unpaired) electrons. The van der Waals surface area contributed by atoms with Crippen LogP contribution in [0.4, 0.5) is 0 Å². The van der Waals surface area contributed by atoms with Gasteiger partial charge < -0.3 is 5.11 Å². The fourth-order valence-electron chi connectivity index (χ4n) is 0.588. The second-order valence-electron chi connectivity index (χ2n) is 1.68. The Bertz CT molecular complexity index is 206. The van der Waals surface area contributed by atoms with Crippen molar-refractivity contribution < 1.29 is 9.79 Å². The summed E-state index contributed by atoms with van der Waals surface area (Å²) in [6.07, 6.45) is 0. The fraction of sp³-hybridized carbons (Fsp3) is 0.750. The monoisotopic (exact) mass is 128 g/mol. The number of aromatic nitrogens is 4. The van der Waals surface area contributed by atoms with E-state index in [-0.39, 0.29) is 6.01 Å². The lowest BCUT2D eigenvalue weighted by Crippen LogP contribution is -2.38. The first-order valence-electron chi connectivity index (χ1n) is 2.72. The largest absolute Gasteiger partial charge is 0.816 e. The van der Waals surface area contributed by atoms with E-state index in [9.17, 15) is 5.11 Å². The molecule has 50 valence electrons. The van der Waals surface area contributed by atoms with E-state index in [1.165, 1.54) is 9.48 Å². The van der Waals surface area contributed by atoms with Gasteiger partial charge in [-0.1, -0.05) is 0 Å². The molecule has 1 rings (SSSR count). The number of aryl methyl sites for hydroxylation is 2. The van der Waals surface area contributed by atoms with Gasteiger partial charge in [0.05, 0.1) is 16.9 Å². The minimum Gasteiger partial charge on any atom is -0.816 e. The normalized spacial score (nSPS) is 10.0. The maximum absolute atomic E-state index is 10.6. The summed E-state index contributed by atoms with van der Waals surface area (Å²) in [6.45, 7) is 2.42. The molecule has 0 N–H and O–H groups in total. The van der Waals surface area contributed by atoms with E-state index in [4.69, 9.17) is 0 Å². The molecule has 5 heteroatoms. The van der Waals surface area contributed by atoms with Crippen molar-refractivity contribution in [3.05, 3.63) is 0 Å². The summed E-state index contributed by atoms with van der Waals surface area (Å²) in [6, 6.07) is -0.292. The SMILES string of the molecule is CC[n+]1nn(C)nc1[O-]. The predicted octanol–water partition coefficient (Wildman–Crippen LogP) is -1.80. The Kier molecular flexibility index (Phi) is 1.33. The van der Waals surface area contributed by atoms with Gasteiger partial charge in [0.2, 0.25) is 0 Å². The van der Waals surface area contributed by atoms with Crippen molar-refractivity contribution in [1.29, 1.82) is 0 Å². The summed E-state index contributed by atoms with van der Waals surface area (Å²) in [4.78, 5) is 1.26. The summed E-state index contributed by atoms with van der Waals surface area (Å²) in [5.74, 6) is 0. The molecular weight excluding hydrogens is 120 g/mol. The molecule has 0 saturated heterocycles. The lowest BCUT2D eigenvalue weighted by molar-refractivity contribution is -0.784. The third kappa shape index (κ3) is 0.984. The average molecular weight is 128 g/mol. The molecule has 0 unspecified atom stereocenters. The third-order valence-electron chi connectivity index (χ3n) is 0.988. The van der Waals surface area contributed by atoms with Crippen molar-refractivity contribution in [1.82, 2.24) is 15.1 Å². The highest BCUT2D eigenvalue weighted by atomic mass is 16.3. The summed E-state index contributed by atoms with van der Waals surface area (Å²) >= 11 is 0. The third-order valence-corrected chi connectivity index (χ3v) is 0.988. The van der Waals surface area contributed by atoms with Crippen LogP contribution in [0.15, 0.2) is 0 Å². The highest BCUT2D eigenvalue weighted by Crippen LogP contribution is 1.80. The van der Waals surface area contributed by atoms with Crippen molar-refractivity contribution in [2.24, 2.45) is 7.05 Å². The standard InChI is InChI=1S/C4H8N4O/c1-3-8-4(9)5-7(2)6-8/h3H2,1-2H3.